The highest BCUT2D eigenvalue weighted by molar-refractivity contribution is 7.89. The first kappa shape index (κ1) is 16.1. The molecule has 1 aromatic carbocycles. The van der Waals surface area contributed by atoms with Crippen molar-refractivity contribution in [2.75, 3.05) is 5.32 Å². The van der Waals surface area contributed by atoms with Crippen LogP contribution in [-0.2, 0) is 14.8 Å². The van der Waals surface area contributed by atoms with E-state index in [9.17, 15) is 13.2 Å². The molecule has 1 amide bonds. The van der Waals surface area contributed by atoms with Crippen LogP contribution >= 0.6 is 0 Å². The Hall–Kier alpha value is -2.25. The number of amides is 1. The van der Waals surface area contributed by atoms with E-state index in [1.165, 1.54) is 19.1 Å². The molecule has 2 aromatic rings. The highest BCUT2D eigenvalue weighted by atomic mass is 32.2. The lowest BCUT2D eigenvalue weighted by Crippen LogP contribution is -2.27. The lowest BCUT2D eigenvalue weighted by Gasteiger charge is -2.14. The van der Waals surface area contributed by atoms with Gasteiger partial charge in [0.1, 0.15) is 0 Å². The number of pyridine rings is 1. The monoisotopic (exact) mass is 319 g/mol. The number of carbonyl (C=O) groups is 1. The van der Waals surface area contributed by atoms with Crippen LogP contribution < -0.4 is 10.0 Å². The summed E-state index contributed by atoms with van der Waals surface area (Å²) in [6.07, 6.45) is 1.61. The third-order valence-corrected chi connectivity index (χ3v) is 4.50. The van der Waals surface area contributed by atoms with Crippen LogP contribution in [0.25, 0.3) is 0 Å². The zero-order chi connectivity index (χ0) is 16.2. The molecule has 1 aromatic heterocycles. The summed E-state index contributed by atoms with van der Waals surface area (Å²) in [6.45, 7) is 3.12. The summed E-state index contributed by atoms with van der Waals surface area (Å²) in [5.74, 6) is -0.211. The summed E-state index contributed by atoms with van der Waals surface area (Å²) < 4.78 is 27.2. The van der Waals surface area contributed by atoms with Crippen LogP contribution in [0.1, 0.15) is 25.6 Å². The maximum Gasteiger partial charge on any atom is 0.241 e. The molecule has 22 heavy (non-hydrogen) atoms. The number of nitrogens with one attached hydrogen (secondary N) is 2. The molecule has 1 atom stereocenters. The van der Waals surface area contributed by atoms with Gasteiger partial charge in [0.2, 0.25) is 15.9 Å². The molecule has 2 rings (SSSR count). The van der Waals surface area contributed by atoms with Gasteiger partial charge in [-0.2, -0.15) is 0 Å². The molecule has 0 saturated heterocycles. The Morgan fingerprint density at radius 1 is 1.14 bits per heavy atom. The zero-order valence-electron chi connectivity index (χ0n) is 12.3. The molecular formula is C15H17N3O3S. The number of aromatic nitrogens is 1. The lowest BCUT2D eigenvalue weighted by molar-refractivity contribution is -0.114. The van der Waals surface area contributed by atoms with Crippen LogP contribution in [0.5, 0.6) is 0 Å². The number of hydrogen-bond acceptors (Lipinski definition) is 4. The van der Waals surface area contributed by atoms with Crippen molar-refractivity contribution in [2.45, 2.75) is 24.8 Å². The molecule has 0 unspecified atom stereocenters. The Labute approximate surface area is 129 Å². The number of benzene rings is 1. The average molecular weight is 319 g/mol. The Bertz CT molecular complexity index is 743. The highest BCUT2D eigenvalue weighted by Gasteiger charge is 2.18. The van der Waals surface area contributed by atoms with Crippen molar-refractivity contribution in [1.29, 1.82) is 0 Å². The average Bonchev–Trinajstić information content (AvgIpc) is 2.47. The third kappa shape index (κ3) is 4.12. The van der Waals surface area contributed by atoms with E-state index in [-0.39, 0.29) is 10.8 Å². The van der Waals surface area contributed by atoms with Crippen molar-refractivity contribution in [3.63, 3.8) is 0 Å². The van der Waals surface area contributed by atoms with E-state index in [4.69, 9.17) is 0 Å². The van der Waals surface area contributed by atoms with Gasteiger partial charge in [0.15, 0.2) is 0 Å². The van der Waals surface area contributed by atoms with Crippen LogP contribution in [0.3, 0.4) is 0 Å². The predicted molar refractivity (Wildman–Crippen MR) is 83.7 cm³/mol. The standard InChI is InChI=1S/C15H17N3O3S/c1-11(15-5-3-4-10-16-15)18-22(20,21)14-8-6-13(7-9-14)17-12(2)19/h3-11,18H,1-2H3,(H,17,19)/t11-/m0/s1. The molecule has 0 spiro atoms. The van der Waals surface area contributed by atoms with Crippen molar-refractivity contribution < 1.29 is 13.2 Å². The fraction of sp³-hybridized carbons (Fsp3) is 0.200. The molecule has 0 fully saturated rings. The normalized spacial score (nSPS) is 12.6. The molecule has 0 aliphatic rings. The van der Waals surface area contributed by atoms with Crippen molar-refractivity contribution in [2.24, 2.45) is 0 Å². The SMILES string of the molecule is CC(=O)Nc1ccc(S(=O)(=O)N[C@@H](C)c2ccccn2)cc1. The summed E-state index contributed by atoms with van der Waals surface area (Å²) in [5, 5.41) is 2.59. The molecule has 1 heterocycles. The van der Waals surface area contributed by atoms with E-state index < -0.39 is 16.1 Å². The fourth-order valence-electron chi connectivity index (χ4n) is 1.91. The second kappa shape index (κ2) is 6.67. The first-order chi connectivity index (χ1) is 10.4. The molecule has 0 radical (unpaired) electrons. The van der Waals surface area contributed by atoms with Crippen LogP contribution in [0, 0.1) is 0 Å². The van der Waals surface area contributed by atoms with E-state index in [0.29, 0.717) is 11.4 Å². The molecular weight excluding hydrogens is 302 g/mol. The Morgan fingerprint density at radius 2 is 1.82 bits per heavy atom. The van der Waals surface area contributed by atoms with Crippen LogP contribution in [0.4, 0.5) is 5.69 Å². The Balaban J connectivity index is 2.15. The van der Waals surface area contributed by atoms with Crippen molar-refractivity contribution in [1.82, 2.24) is 9.71 Å². The maximum atomic E-state index is 12.3. The van der Waals surface area contributed by atoms with Crippen LogP contribution in [-0.4, -0.2) is 19.3 Å². The number of hydrogen-bond donors (Lipinski definition) is 2. The summed E-state index contributed by atoms with van der Waals surface area (Å²) in [4.78, 5) is 15.2. The zero-order valence-corrected chi connectivity index (χ0v) is 13.1. The van der Waals surface area contributed by atoms with Gasteiger partial charge in [-0.3, -0.25) is 9.78 Å². The summed E-state index contributed by atoms with van der Waals surface area (Å²) in [6, 6.07) is 10.9. The number of nitrogens with zero attached hydrogens (tertiary/aromatic N) is 1. The second-order valence-electron chi connectivity index (χ2n) is 4.80. The predicted octanol–water partition coefficient (Wildman–Crippen LogP) is 2.08. The van der Waals surface area contributed by atoms with Crippen LogP contribution in [0.2, 0.25) is 0 Å². The molecule has 0 aliphatic heterocycles. The first-order valence-corrected chi connectivity index (χ1v) is 8.18. The molecule has 2 N–H and O–H groups in total. The minimum absolute atomic E-state index is 0.129. The van der Waals surface area contributed by atoms with Gasteiger partial charge in [-0.1, -0.05) is 6.07 Å². The largest absolute Gasteiger partial charge is 0.326 e. The maximum absolute atomic E-state index is 12.3. The number of carbonyl (C=O) groups excluding carboxylic acids is 1. The number of rotatable bonds is 5. The van der Waals surface area contributed by atoms with Crippen LogP contribution in [0.15, 0.2) is 53.6 Å². The fourth-order valence-corrected chi connectivity index (χ4v) is 3.13. The van der Waals surface area contributed by atoms with Gasteiger partial charge < -0.3 is 5.32 Å². The van der Waals surface area contributed by atoms with Gasteiger partial charge in [0.25, 0.3) is 0 Å². The molecule has 116 valence electrons. The molecule has 0 aliphatic carbocycles. The minimum atomic E-state index is -3.66. The summed E-state index contributed by atoms with van der Waals surface area (Å²) in [7, 11) is -3.66. The quantitative estimate of drug-likeness (QED) is 0.883. The van der Waals surface area contributed by atoms with Gasteiger partial charge in [0.05, 0.1) is 16.6 Å². The molecule has 7 heteroatoms. The summed E-state index contributed by atoms with van der Waals surface area (Å²) in [5.41, 5.74) is 1.19. The number of anilines is 1. The van der Waals surface area contributed by atoms with Gasteiger partial charge >= 0.3 is 0 Å². The molecule has 6 nitrogen and oxygen atoms in total. The van der Waals surface area contributed by atoms with Gasteiger partial charge in [-0.05, 0) is 43.3 Å². The van der Waals surface area contributed by atoms with E-state index >= 15 is 0 Å². The Morgan fingerprint density at radius 3 is 2.36 bits per heavy atom. The van der Waals surface area contributed by atoms with E-state index in [0.717, 1.165) is 0 Å². The van der Waals surface area contributed by atoms with Crippen molar-refractivity contribution in [3.8, 4) is 0 Å². The summed E-state index contributed by atoms with van der Waals surface area (Å²) >= 11 is 0. The second-order valence-corrected chi connectivity index (χ2v) is 6.52. The highest BCUT2D eigenvalue weighted by Crippen LogP contribution is 2.17. The Kier molecular flexibility index (Phi) is 4.89. The number of sulfonamides is 1. The third-order valence-electron chi connectivity index (χ3n) is 2.95. The smallest absolute Gasteiger partial charge is 0.241 e. The lowest BCUT2D eigenvalue weighted by atomic mass is 10.2. The van der Waals surface area contributed by atoms with Gasteiger partial charge in [0, 0.05) is 18.8 Å². The minimum Gasteiger partial charge on any atom is -0.326 e. The van der Waals surface area contributed by atoms with E-state index in [1.807, 2.05) is 0 Å². The molecule has 0 saturated carbocycles. The van der Waals surface area contributed by atoms with Crippen molar-refractivity contribution in [3.05, 3.63) is 54.4 Å². The molecule has 0 bridgehead atoms. The first-order valence-electron chi connectivity index (χ1n) is 6.69. The van der Waals surface area contributed by atoms with E-state index in [2.05, 4.69) is 15.0 Å². The van der Waals surface area contributed by atoms with Gasteiger partial charge in [-0.25, -0.2) is 13.1 Å². The van der Waals surface area contributed by atoms with E-state index in [1.54, 1.807) is 43.5 Å². The van der Waals surface area contributed by atoms with Gasteiger partial charge in [-0.15, -0.1) is 0 Å². The topological polar surface area (TPSA) is 88.2 Å². The van der Waals surface area contributed by atoms with Crippen molar-refractivity contribution >= 4 is 21.6 Å².